The topological polar surface area (TPSA) is 27.1 Å². The van der Waals surface area contributed by atoms with Crippen LogP contribution in [0.5, 0.6) is 5.75 Å². The minimum atomic E-state index is -0.231. The number of nitrogens with zero attached hydrogens (tertiary/aromatic N) is 2. The van der Waals surface area contributed by atoms with Gasteiger partial charge in [0.2, 0.25) is 0 Å². The molecule has 0 bridgehead atoms. The maximum atomic E-state index is 13.0. The van der Waals surface area contributed by atoms with E-state index in [4.69, 9.17) is 16.3 Å². The third-order valence-corrected chi connectivity index (χ3v) is 3.56. The van der Waals surface area contributed by atoms with Crippen LogP contribution in [0.15, 0.2) is 54.9 Å². The number of aromatic nitrogens is 2. The predicted octanol–water partition coefficient (Wildman–Crippen LogP) is 4.26. The fraction of sp³-hybridized carbons (Fsp3) is 0.118. The van der Waals surface area contributed by atoms with E-state index in [2.05, 4.69) is 5.10 Å². The Morgan fingerprint density at radius 2 is 1.86 bits per heavy atom. The van der Waals surface area contributed by atoms with Gasteiger partial charge in [-0.15, -0.1) is 0 Å². The Balaban J connectivity index is 1.94. The summed E-state index contributed by atoms with van der Waals surface area (Å²) in [7, 11) is 1.61. The normalized spacial score (nSPS) is 10.7. The number of halogens is 2. The zero-order valence-electron chi connectivity index (χ0n) is 12.0. The van der Waals surface area contributed by atoms with Crippen molar-refractivity contribution in [2.24, 2.45) is 0 Å². The molecule has 0 aliphatic heterocycles. The van der Waals surface area contributed by atoms with Gasteiger partial charge < -0.3 is 4.74 Å². The second-order valence-electron chi connectivity index (χ2n) is 4.91. The van der Waals surface area contributed by atoms with Crippen LogP contribution in [-0.4, -0.2) is 16.9 Å². The lowest BCUT2D eigenvalue weighted by Crippen LogP contribution is -2.00. The number of ether oxygens (including phenoxy) is 1. The van der Waals surface area contributed by atoms with Crippen LogP contribution < -0.4 is 4.74 Å². The van der Waals surface area contributed by atoms with Crippen molar-refractivity contribution in [2.75, 3.05) is 7.11 Å². The van der Waals surface area contributed by atoms with Crippen molar-refractivity contribution in [1.29, 1.82) is 0 Å². The highest BCUT2D eigenvalue weighted by atomic mass is 35.5. The molecule has 0 saturated heterocycles. The number of methoxy groups -OCH3 is 1. The van der Waals surface area contributed by atoms with Gasteiger partial charge in [0.25, 0.3) is 0 Å². The molecule has 0 amide bonds. The highest BCUT2D eigenvalue weighted by molar-refractivity contribution is 6.30. The Morgan fingerprint density at radius 1 is 1.14 bits per heavy atom. The minimum Gasteiger partial charge on any atom is -0.494 e. The molecule has 3 nitrogen and oxygen atoms in total. The molecule has 3 aromatic rings. The number of hydrogen-bond donors (Lipinski definition) is 0. The van der Waals surface area contributed by atoms with E-state index < -0.39 is 0 Å². The van der Waals surface area contributed by atoms with Gasteiger partial charge in [0.05, 0.1) is 18.3 Å². The highest BCUT2D eigenvalue weighted by Gasteiger charge is 2.09. The van der Waals surface area contributed by atoms with E-state index in [0.29, 0.717) is 17.2 Å². The van der Waals surface area contributed by atoms with E-state index in [-0.39, 0.29) is 5.82 Å². The average molecular weight is 317 g/mol. The molecule has 0 saturated carbocycles. The maximum absolute atomic E-state index is 13.0. The third-order valence-electron chi connectivity index (χ3n) is 3.36. The summed E-state index contributed by atoms with van der Waals surface area (Å²) in [5, 5.41) is 4.77. The van der Waals surface area contributed by atoms with Crippen molar-refractivity contribution in [1.82, 2.24) is 9.78 Å². The second-order valence-corrected chi connectivity index (χ2v) is 5.35. The Hall–Kier alpha value is -2.33. The van der Waals surface area contributed by atoms with Gasteiger partial charge in [-0.1, -0.05) is 29.8 Å². The van der Waals surface area contributed by atoms with Crippen molar-refractivity contribution in [3.05, 3.63) is 76.8 Å². The van der Waals surface area contributed by atoms with E-state index in [1.165, 1.54) is 12.1 Å². The Morgan fingerprint density at radius 3 is 2.50 bits per heavy atom. The second kappa shape index (κ2) is 6.20. The van der Waals surface area contributed by atoms with Gasteiger partial charge in [0.15, 0.2) is 0 Å². The molecule has 0 fully saturated rings. The lowest BCUT2D eigenvalue weighted by Gasteiger charge is -2.11. The molecule has 0 aliphatic carbocycles. The lowest BCUT2D eigenvalue weighted by molar-refractivity contribution is 0.411. The first-order valence-corrected chi connectivity index (χ1v) is 7.15. The van der Waals surface area contributed by atoms with Crippen molar-refractivity contribution in [2.45, 2.75) is 6.42 Å². The summed E-state index contributed by atoms with van der Waals surface area (Å²) in [6.07, 6.45) is 4.00. The largest absolute Gasteiger partial charge is 0.494 e. The SMILES string of the molecule is COc1ccc(Cc2ccc(F)cc2)cc1-n1cc(Cl)cn1. The quantitative estimate of drug-likeness (QED) is 0.719. The molecule has 0 aliphatic rings. The Kier molecular flexibility index (Phi) is 4.11. The zero-order valence-corrected chi connectivity index (χ0v) is 12.7. The van der Waals surface area contributed by atoms with Crippen LogP contribution in [0.4, 0.5) is 4.39 Å². The first-order valence-electron chi connectivity index (χ1n) is 6.77. The van der Waals surface area contributed by atoms with Crippen LogP contribution in [0.3, 0.4) is 0 Å². The number of hydrogen-bond acceptors (Lipinski definition) is 2. The summed E-state index contributed by atoms with van der Waals surface area (Å²) in [5.41, 5.74) is 2.93. The fourth-order valence-corrected chi connectivity index (χ4v) is 2.43. The van der Waals surface area contributed by atoms with Crippen LogP contribution in [0.2, 0.25) is 5.02 Å². The van der Waals surface area contributed by atoms with E-state index in [1.807, 2.05) is 18.2 Å². The third kappa shape index (κ3) is 3.12. The molecule has 0 radical (unpaired) electrons. The molecule has 2 aromatic carbocycles. The molecule has 0 unspecified atom stereocenters. The van der Waals surface area contributed by atoms with Crippen molar-refractivity contribution < 1.29 is 9.13 Å². The van der Waals surface area contributed by atoms with Crippen molar-refractivity contribution >= 4 is 11.6 Å². The van der Waals surface area contributed by atoms with E-state index >= 15 is 0 Å². The van der Waals surface area contributed by atoms with E-state index in [1.54, 1.807) is 36.3 Å². The molecular weight excluding hydrogens is 303 g/mol. The summed E-state index contributed by atoms with van der Waals surface area (Å²) < 4.78 is 20.0. The van der Waals surface area contributed by atoms with Crippen LogP contribution in [0.25, 0.3) is 5.69 Å². The van der Waals surface area contributed by atoms with Gasteiger partial charge in [-0.25, -0.2) is 9.07 Å². The fourth-order valence-electron chi connectivity index (χ4n) is 2.30. The van der Waals surface area contributed by atoms with Gasteiger partial charge >= 0.3 is 0 Å². The summed E-state index contributed by atoms with van der Waals surface area (Å²) in [4.78, 5) is 0. The molecule has 0 spiro atoms. The lowest BCUT2D eigenvalue weighted by atomic mass is 10.0. The maximum Gasteiger partial charge on any atom is 0.144 e. The molecule has 1 aromatic heterocycles. The van der Waals surface area contributed by atoms with Crippen LogP contribution in [0, 0.1) is 5.82 Å². The summed E-state index contributed by atoms with van der Waals surface area (Å²) in [6.45, 7) is 0. The molecule has 0 N–H and O–H groups in total. The molecule has 5 heteroatoms. The molecule has 0 atom stereocenters. The Labute approximate surface area is 132 Å². The first kappa shape index (κ1) is 14.6. The molecular formula is C17H14ClFN2O. The summed E-state index contributed by atoms with van der Waals surface area (Å²) >= 11 is 5.93. The zero-order chi connectivity index (χ0) is 15.5. The van der Waals surface area contributed by atoms with E-state index in [0.717, 1.165) is 16.8 Å². The predicted molar refractivity (Wildman–Crippen MR) is 84.3 cm³/mol. The summed E-state index contributed by atoms with van der Waals surface area (Å²) in [6, 6.07) is 12.4. The van der Waals surface area contributed by atoms with Gasteiger partial charge in [0.1, 0.15) is 17.3 Å². The molecule has 22 heavy (non-hydrogen) atoms. The highest BCUT2D eigenvalue weighted by Crippen LogP contribution is 2.25. The van der Waals surface area contributed by atoms with Crippen LogP contribution in [0.1, 0.15) is 11.1 Å². The van der Waals surface area contributed by atoms with Gasteiger partial charge in [-0.2, -0.15) is 5.10 Å². The smallest absolute Gasteiger partial charge is 0.144 e. The molecule has 112 valence electrons. The number of benzene rings is 2. The van der Waals surface area contributed by atoms with Gasteiger partial charge in [-0.05, 0) is 41.8 Å². The number of rotatable bonds is 4. The van der Waals surface area contributed by atoms with Crippen molar-refractivity contribution in [3.63, 3.8) is 0 Å². The first-order chi connectivity index (χ1) is 10.7. The van der Waals surface area contributed by atoms with Crippen molar-refractivity contribution in [3.8, 4) is 11.4 Å². The van der Waals surface area contributed by atoms with Gasteiger partial charge in [0, 0.05) is 6.20 Å². The van der Waals surface area contributed by atoms with Gasteiger partial charge in [-0.3, -0.25) is 0 Å². The Bertz CT molecular complexity index is 784. The molecule has 1 heterocycles. The minimum absolute atomic E-state index is 0.231. The van der Waals surface area contributed by atoms with Crippen LogP contribution >= 0.6 is 11.6 Å². The average Bonchev–Trinajstić information content (AvgIpc) is 2.96. The molecule has 3 rings (SSSR count). The van der Waals surface area contributed by atoms with E-state index in [9.17, 15) is 4.39 Å². The standard InChI is InChI=1S/C17H14ClFN2O/c1-22-17-7-4-13(8-12-2-5-15(19)6-3-12)9-16(17)21-11-14(18)10-20-21/h2-7,9-11H,8H2,1H3. The summed E-state index contributed by atoms with van der Waals surface area (Å²) in [5.74, 6) is 0.480. The van der Waals surface area contributed by atoms with Crippen LogP contribution in [-0.2, 0) is 6.42 Å². The monoisotopic (exact) mass is 316 g/mol.